The molecule has 1 aromatic carbocycles. The number of halogens is 1. The van der Waals surface area contributed by atoms with Crippen molar-refractivity contribution in [1.29, 1.82) is 0 Å². The van der Waals surface area contributed by atoms with E-state index in [-0.39, 0.29) is 11.7 Å². The fourth-order valence-electron chi connectivity index (χ4n) is 4.39. The van der Waals surface area contributed by atoms with Gasteiger partial charge in [-0.25, -0.2) is 14.2 Å². The Morgan fingerprint density at radius 3 is 2.53 bits per heavy atom. The van der Waals surface area contributed by atoms with Crippen LogP contribution >= 0.6 is 0 Å². The van der Waals surface area contributed by atoms with E-state index in [1.165, 1.54) is 12.5 Å². The third-order valence-corrected chi connectivity index (χ3v) is 6.08. The summed E-state index contributed by atoms with van der Waals surface area (Å²) in [6.45, 7) is 10.5. The quantitative estimate of drug-likeness (QED) is 0.566. The van der Waals surface area contributed by atoms with E-state index < -0.39 is 5.82 Å². The lowest BCUT2D eigenvalue weighted by molar-refractivity contribution is 0.123. The number of fused-ring (bicyclic) bond motifs is 1. The molecule has 0 unspecified atom stereocenters. The zero-order chi connectivity index (χ0) is 24.1. The highest BCUT2D eigenvalue weighted by Crippen LogP contribution is 2.33. The number of aromatic nitrogens is 2. The maximum Gasteiger partial charge on any atom is 0.321 e. The third-order valence-electron chi connectivity index (χ3n) is 6.08. The van der Waals surface area contributed by atoms with Crippen LogP contribution in [-0.2, 0) is 4.74 Å². The predicted octanol–water partition coefficient (Wildman–Crippen LogP) is 5.33. The van der Waals surface area contributed by atoms with Gasteiger partial charge in [0, 0.05) is 50.3 Å². The molecule has 2 fully saturated rings. The summed E-state index contributed by atoms with van der Waals surface area (Å²) in [6, 6.07) is 5.08. The van der Waals surface area contributed by atoms with E-state index in [0.717, 1.165) is 54.0 Å². The minimum Gasteiger partial charge on any atom is -0.378 e. The molecular formula is C26H34FN5O2. The van der Waals surface area contributed by atoms with Gasteiger partial charge in [0.25, 0.3) is 0 Å². The number of amides is 2. The fraction of sp³-hybridized carbons (Fsp3) is 0.462. The van der Waals surface area contributed by atoms with E-state index >= 15 is 0 Å². The topological polar surface area (TPSA) is 62.1 Å². The molecule has 0 bridgehead atoms. The van der Waals surface area contributed by atoms with Crippen molar-refractivity contribution in [2.45, 2.75) is 40.0 Å². The van der Waals surface area contributed by atoms with Crippen molar-refractivity contribution in [3.05, 3.63) is 48.2 Å². The van der Waals surface area contributed by atoms with Crippen molar-refractivity contribution in [2.75, 3.05) is 49.6 Å². The van der Waals surface area contributed by atoms with Gasteiger partial charge in [-0.3, -0.25) is 0 Å². The molecule has 1 N–H and O–H groups in total. The molecule has 2 saturated heterocycles. The number of morpholine rings is 1. The second-order valence-corrected chi connectivity index (χ2v) is 8.85. The Bertz CT molecular complexity index is 1130. The van der Waals surface area contributed by atoms with Crippen molar-refractivity contribution in [3.8, 4) is 11.1 Å². The number of imidazole rings is 1. The molecule has 0 atom stereocenters. The van der Waals surface area contributed by atoms with Crippen molar-refractivity contribution in [3.63, 3.8) is 0 Å². The van der Waals surface area contributed by atoms with Gasteiger partial charge in [-0.05, 0) is 49.1 Å². The number of pyridine rings is 1. The van der Waals surface area contributed by atoms with Crippen molar-refractivity contribution in [2.24, 2.45) is 0 Å². The van der Waals surface area contributed by atoms with Crippen LogP contribution in [0.25, 0.3) is 16.8 Å². The summed E-state index contributed by atoms with van der Waals surface area (Å²) in [7, 11) is 0. The number of rotatable bonds is 3. The van der Waals surface area contributed by atoms with Gasteiger partial charge in [-0.15, -0.1) is 0 Å². The Morgan fingerprint density at radius 1 is 1.12 bits per heavy atom. The van der Waals surface area contributed by atoms with E-state index in [9.17, 15) is 9.18 Å². The normalized spacial score (nSPS) is 15.9. The Hall–Kier alpha value is -3.13. The number of ether oxygens (including phenoxy) is 1. The van der Waals surface area contributed by atoms with Crippen molar-refractivity contribution in [1.82, 2.24) is 14.3 Å². The van der Waals surface area contributed by atoms with Crippen LogP contribution in [0, 0.1) is 12.7 Å². The smallest absolute Gasteiger partial charge is 0.321 e. The zero-order valence-electron chi connectivity index (χ0n) is 20.3. The highest BCUT2D eigenvalue weighted by molar-refractivity contribution is 5.91. The number of anilines is 2. The lowest BCUT2D eigenvalue weighted by Gasteiger charge is -2.29. The lowest BCUT2D eigenvalue weighted by atomic mass is 10.00. The third kappa shape index (κ3) is 5.17. The number of benzene rings is 1. The van der Waals surface area contributed by atoms with Crippen LogP contribution < -0.4 is 10.2 Å². The first-order valence-electron chi connectivity index (χ1n) is 12.2. The number of carbonyl (C=O) groups excluding carboxylic acids is 1. The number of aryl methyl sites for hydroxylation is 1. The Balaban J connectivity index is 0.000000868. The molecule has 2 amide bonds. The van der Waals surface area contributed by atoms with Crippen LogP contribution in [0.2, 0.25) is 0 Å². The van der Waals surface area contributed by atoms with Gasteiger partial charge in [-0.2, -0.15) is 0 Å². The zero-order valence-corrected chi connectivity index (χ0v) is 20.3. The summed E-state index contributed by atoms with van der Waals surface area (Å²) in [5.41, 5.74) is 4.75. The molecule has 2 aromatic heterocycles. The molecule has 0 aliphatic carbocycles. The molecule has 2 aliphatic rings. The monoisotopic (exact) mass is 467 g/mol. The van der Waals surface area contributed by atoms with E-state index in [1.807, 2.05) is 23.7 Å². The molecule has 0 radical (unpaired) electrons. The van der Waals surface area contributed by atoms with E-state index in [4.69, 9.17) is 4.74 Å². The van der Waals surface area contributed by atoms with Crippen LogP contribution in [0.1, 0.15) is 38.7 Å². The number of hydrogen-bond donors (Lipinski definition) is 1. The molecule has 8 heteroatoms. The number of likely N-dealkylation sites (tertiary alicyclic amines) is 1. The van der Waals surface area contributed by atoms with Crippen LogP contribution in [0.15, 0.2) is 36.8 Å². The molecule has 2 aliphatic heterocycles. The summed E-state index contributed by atoms with van der Waals surface area (Å²) in [6.07, 6.45) is 8.92. The Labute approximate surface area is 200 Å². The summed E-state index contributed by atoms with van der Waals surface area (Å²) >= 11 is 0. The summed E-state index contributed by atoms with van der Waals surface area (Å²) in [5, 5.41) is 2.77. The second-order valence-electron chi connectivity index (χ2n) is 8.85. The lowest BCUT2D eigenvalue weighted by Crippen LogP contribution is -2.36. The molecule has 182 valence electrons. The average Bonchev–Trinajstić information content (AvgIpc) is 3.53. The number of nitrogens with zero attached hydrogens (tertiary/aromatic N) is 4. The first-order valence-corrected chi connectivity index (χ1v) is 12.2. The van der Waals surface area contributed by atoms with Crippen molar-refractivity contribution < 1.29 is 13.9 Å². The first-order chi connectivity index (χ1) is 16.5. The van der Waals surface area contributed by atoms with Gasteiger partial charge in [-0.1, -0.05) is 20.3 Å². The molecule has 4 heterocycles. The van der Waals surface area contributed by atoms with Crippen LogP contribution in [0.5, 0.6) is 0 Å². The average molecular weight is 468 g/mol. The molecule has 34 heavy (non-hydrogen) atoms. The van der Waals surface area contributed by atoms with Crippen LogP contribution in [0.3, 0.4) is 0 Å². The molecular weight excluding hydrogens is 433 g/mol. The molecule has 3 aromatic rings. The van der Waals surface area contributed by atoms with Gasteiger partial charge in [0.15, 0.2) is 5.65 Å². The van der Waals surface area contributed by atoms with Crippen LogP contribution in [-0.4, -0.2) is 59.7 Å². The number of urea groups is 1. The summed E-state index contributed by atoms with van der Waals surface area (Å²) < 4.78 is 22.2. The fourth-order valence-corrected chi connectivity index (χ4v) is 4.39. The van der Waals surface area contributed by atoms with Gasteiger partial charge in [0.1, 0.15) is 5.82 Å². The van der Waals surface area contributed by atoms with Gasteiger partial charge in [0.2, 0.25) is 0 Å². The standard InChI is InChI=1S/C23H26FN5O2.C3H8/c1-16-12-19(24)20(26-23(30)28-5-2-3-6-28)14-18(16)17-13-21(27-8-10-31-11-9-27)22-25-4-7-29(22)15-17;1-3-2/h4,7,12-15H,2-3,5-6,8-11H2,1H3,(H,26,30);3H2,1-2H3. The maximum absolute atomic E-state index is 14.7. The van der Waals surface area contributed by atoms with Crippen molar-refractivity contribution >= 4 is 23.1 Å². The summed E-state index contributed by atoms with van der Waals surface area (Å²) in [5.74, 6) is -0.425. The number of hydrogen-bond acceptors (Lipinski definition) is 4. The number of carbonyl (C=O) groups is 1. The molecule has 7 nitrogen and oxygen atoms in total. The van der Waals surface area contributed by atoms with Crippen LogP contribution in [0.4, 0.5) is 20.6 Å². The highest BCUT2D eigenvalue weighted by Gasteiger charge is 2.21. The largest absolute Gasteiger partial charge is 0.378 e. The Morgan fingerprint density at radius 2 is 1.82 bits per heavy atom. The second kappa shape index (κ2) is 10.9. The van der Waals surface area contributed by atoms with E-state index in [0.29, 0.717) is 26.3 Å². The molecule has 5 rings (SSSR count). The predicted molar refractivity (Wildman–Crippen MR) is 134 cm³/mol. The Kier molecular flexibility index (Phi) is 7.67. The van der Waals surface area contributed by atoms with Gasteiger partial charge in [0.05, 0.1) is 24.6 Å². The number of nitrogens with one attached hydrogen (secondary N) is 1. The molecule has 0 saturated carbocycles. The van der Waals surface area contributed by atoms with E-state index in [1.54, 1.807) is 17.2 Å². The van der Waals surface area contributed by atoms with Gasteiger partial charge >= 0.3 is 6.03 Å². The summed E-state index contributed by atoms with van der Waals surface area (Å²) in [4.78, 5) is 21.0. The minimum atomic E-state index is -0.425. The highest BCUT2D eigenvalue weighted by atomic mass is 19.1. The molecule has 0 spiro atoms. The first kappa shape index (κ1) is 24.0. The maximum atomic E-state index is 14.7. The van der Waals surface area contributed by atoms with Gasteiger partial charge < -0.3 is 24.3 Å². The minimum absolute atomic E-state index is 0.205. The van der Waals surface area contributed by atoms with E-state index in [2.05, 4.69) is 35.1 Å². The SMILES string of the molecule is CCC.Cc1cc(F)c(NC(=O)N2CCCC2)cc1-c1cc(N2CCOCC2)c2nccn2c1.